The Morgan fingerprint density at radius 1 is 1.17 bits per heavy atom. The van der Waals surface area contributed by atoms with E-state index in [0.717, 1.165) is 49.4 Å². The number of aryl methyl sites for hydroxylation is 3. The van der Waals surface area contributed by atoms with Crippen molar-refractivity contribution in [1.82, 2.24) is 14.5 Å². The Morgan fingerprint density at radius 2 is 2.04 bits per heavy atom. The van der Waals surface area contributed by atoms with Crippen molar-refractivity contribution in [2.24, 2.45) is 0 Å². The summed E-state index contributed by atoms with van der Waals surface area (Å²) in [4.78, 5) is 8.95. The molecular weight excluding hydrogens is 284 g/mol. The molecule has 0 radical (unpaired) electrons. The van der Waals surface area contributed by atoms with Gasteiger partial charge in [0.25, 0.3) is 0 Å². The summed E-state index contributed by atoms with van der Waals surface area (Å²) in [5, 5.41) is 4.80. The first-order chi connectivity index (χ1) is 11.3. The van der Waals surface area contributed by atoms with E-state index in [2.05, 4.69) is 46.1 Å². The van der Waals surface area contributed by atoms with E-state index in [1.54, 1.807) is 0 Å². The molecule has 3 rings (SSSR count). The first kappa shape index (κ1) is 15.5. The first-order valence-electron chi connectivity index (χ1n) is 8.38. The van der Waals surface area contributed by atoms with Crippen LogP contribution in [0.25, 0.3) is 10.9 Å². The maximum atomic E-state index is 4.69. The molecule has 0 saturated carbocycles. The quantitative estimate of drug-likeness (QED) is 0.665. The molecule has 0 bridgehead atoms. The third-order valence-corrected chi connectivity index (χ3v) is 4.20. The van der Waals surface area contributed by atoms with Gasteiger partial charge in [0.2, 0.25) is 0 Å². The molecule has 0 atom stereocenters. The third-order valence-electron chi connectivity index (χ3n) is 4.20. The molecule has 2 aromatic heterocycles. The van der Waals surface area contributed by atoms with E-state index in [0.29, 0.717) is 0 Å². The normalized spacial score (nSPS) is 11.0. The summed E-state index contributed by atoms with van der Waals surface area (Å²) in [6, 6.07) is 10.5. The van der Waals surface area contributed by atoms with Gasteiger partial charge in [-0.3, -0.25) is 4.98 Å². The Bertz CT molecular complexity index is 776. The molecule has 0 saturated heterocycles. The zero-order chi connectivity index (χ0) is 16.1. The topological polar surface area (TPSA) is 42.7 Å². The lowest BCUT2D eigenvalue weighted by molar-refractivity contribution is 0.607. The Labute approximate surface area is 137 Å². The molecule has 0 amide bonds. The van der Waals surface area contributed by atoms with Crippen LogP contribution in [-0.4, -0.2) is 21.1 Å². The standard InChI is InChI=1S/C19H24N4/c1-3-16-14-19(17-8-4-5-9-18(17)22-16)21-10-6-7-12-23-13-11-20-15(23)2/h4-5,8-9,11,13-14H,3,6-7,10,12H2,1-2H3,(H,21,22). The van der Waals surface area contributed by atoms with E-state index in [4.69, 9.17) is 4.98 Å². The highest BCUT2D eigenvalue weighted by atomic mass is 15.0. The number of nitrogens with zero attached hydrogens (tertiary/aromatic N) is 3. The predicted octanol–water partition coefficient (Wildman–Crippen LogP) is 4.19. The van der Waals surface area contributed by atoms with E-state index < -0.39 is 0 Å². The molecule has 4 heteroatoms. The molecule has 3 aromatic rings. The number of imidazole rings is 1. The van der Waals surface area contributed by atoms with Crippen molar-refractivity contribution in [3.05, 3.63) is 54.2 Å². The summed E-state index contributed by atoms with van der Waals surface area (Å²) in [5.41, 5.74) is 3.41. The fourth-order valence-electron chi connectivity index (χ4n) is 2.83. The Kier molecular flexibility index (Phi) is 4.91. The zero-order valence-electron chi connectivity index (χ0n) is 13.9. The fraction of sp³-hybridized carbons (Fsp3) is 0.368. The number of anilines is 1. The zero-order valence-corrected chi connectivity index (χ0v) is 13.9. The van der Waals surface area contributed by atoms with Crippen molar-refractivity contribution in [1.29, 1.82) is 0 Å². The molecule has 1 N–H and O–H groups in total. The Morgan fingerprint density at radius 3 is 2.83 bits per heavy atom. The summed E-state index contributed by atoms with van der Waals surface area (Å²) in [7, 11) is 0. The molecule has 0 unspecified atom stereocenters. The van der Waals surface area contributed by atoms with E-state index >= 15 is 0 Å². The summed E-state index contributed by atoms with van der Waals surface area (Å²) in [5.74, 6) is 1.09. The molecule has 1 aromatic carbocycles. The second-order valence-corrected chi connectivity index (χ2v) is 5.83. The van der Waals surface area contributed by atoms with Crippen LogP contribution in [0, 0.1) is 6.92 Å². The number of para-hydroxylation sites is 1. The van der Waals surface area contributed by atoms with Crippen LogP contribution in [0.2, 0.25) is 0 Å². The molecule has 2 heterocycles. The highest BCUT2D eigenvalue weighted by Crippen LogP contribution is 2.23. The molecule has 4 nitrogen and oxygen atoms in total. The van der Waals surface area contributed by atoms with Gasteiger partial charge in [0.15, 0.2) is 0 Å². The monoisotopic (exact) mass is 308 g/mol. The van der Waals surface area contributed by atoms with Crippen molar-refractivity contribution < 1.29 is 0 Å². The van der Waals surface area contributed by atoms with Crippen molar-refractivity contribution in [2.75, 3.05) is 11.9 Å². The molecule has 0 aliphatic carbocycles. The minimum Gasteiger partial charge on any atom is -0.384 e. The van der Waals surface area contributed by atoms with Gasteiger partial charge in [-0.05, 0) is 38.3 Å². The predicted molar refractivity (Wildman–Crippen MR) is 95.8 cm³/mol. The largest absolute Gasteiger partial charge is 0.384 e. The molecule has 120 valence electrons. The molecule has 0 fully saturated rings. The lowest BCUT2D eigenvalue weighted by Crippen LogP contribution is -2.06. The molecule has 23 heavy (non-hydrogen) atoms. The summed E-state index contributed by atoms with van der Waals surface area (Å²) in [6.45, 7) is 6.21. The van der Waals surface area contributed by atoms with Gasteiger partial charge in [-0.2, -0.15) is 0 Å². The number of benzene rings is 1. The second kappa shape index (κ2) is 7.27. The van der Waals surface area contributed by atoms with E-state index in [-0.39, 0.29) is 0 Å². The molecule has 0 aliphatic heterocycles. The van der Waals surface area contributed by atoms with E-state index in [9.17, 15) is 0 Å². The van der Waals surface area contributed by atoms with Gasteiger partial charge >= 0.3 is 0 Å². The van der Waals surface area contributed by atoms with Crippen LogP contribution in [0.4, 0.5) is 5.69 Å². The first-order valence-corrected chi connectivity index (χ1v) is 8.38. The summed E-state index contributed by atoms with van der Waals surface area (Å²) in [6.07, 6.45) is 7.15. The lowest BCUT2D eigenvalue weighted by Gasteiger charge is -2.12. The van der Waals surface area contributed by atoms with Gasteiger partial charge in [0, 0.05) is 42.3 Å². The fourth-order valence-corrected chi connectivity index (χ4v) is 2.83. The number of fused-ring (bicyclic) bond motifs is 1. The van der Waals surface area contributed by atoms with Gasteiger partial charge in [0.05, 0.1) is 5.52 Å². The SMILES string of the molecule is CCc1cc(NCCCCn2ccnc2C)c2ccccc2n1. The van der Waals surface area contributed by atoms with Crippen LogP contribution in [0.3, 0.4) is 0 Å². The minimum absolute atomic E-state index is 0.958. The number of rotatable bonds is 7. The van der Waals surface area contributed by atoms with E-state index in [1.165, 1.54) is 11.1 Å². The molecule has 0 aliphatic rings. The Balaban J connectivity index is 1.59. The maximum Gasteiger partial charge on any atom is 0.105 e. The van der Waals surface area contributed by atoms with Crippen LogP contribution in [0.1, 0.15) is 31.3 Å². The van der Waals surface area contributed by atoms with Gasteiger partial charge in [-0.25, -0.2) is 4.98 Å². The Hall–Kier alpha value is -2.36. The van der Waals surface area contributed by atoms with E-state index in [1.807, 2.05) is 25.4 Å². The third kappa shape index (κ3) is 3.70. The lowest BCUT2D eigenvalue weighted by atomic mass is 10.1. The maximum absolute atomic E-state index is 4.69. The van der Waals surface area contributed by atoms with Gasteiger partial charge in [-0.15, -0.1) is 0 Å². The number of unbranched alkanes of at least 4 members (excludes halogenated alkanes) is 1. The van der Waals surface area contributed by atoms with Crippen LogP contribution in [0.5, 0.6) is 0 Å². The van der Waals surface area contributed by atoms with Crippen molar-refractivity contribution in [3.63, 3.8) is 0 Å². The molecular formula is C19H24N4. The second-order valence-electron chi connectivity index (χ2n) is 5.83. The highest BCUT2D eigenvalue weighted by Gasteiger charge is 2.04. The highest BCUT2D eigenvalue weighted by molar-refractivity contribution is 5.91. The van der Waals surface area contributed by atoms with Crippen LogP contribution < -0.4 is 5.32 Å². The van der Waals surface area contributed by atoms with Crippen molar-refractivity contribution in [2.45, 2.75) is 39.7 Å². The smallest absolute Gasteiger partial charge is 0.105 e. The van der Waals surface area contributed by atoms with Gasteiger partial charge in [-0.1, -0.05) is 25.1 Å². The number of aromatic nitrogens is 3. The summed E-state index contributed by atoms with van der Waals surface area (Å²) < 4.78 is 2.21. The van der Waals surface area contributed by atoms with Crippen LogP contribution in [-0.2, 0) is 13.0 Å². The number of hydrogen-bond donors (Lipinski definition) is 1. The average Bonchev–Trinajstić information content (AvgIpc) is 2.99. The number of nitrogens with one attached hydrogen (secondary N) is 1. The minimum atomic E-state index is 0.958. The van der Waals surface area contributed by atoms with Gasteiger partial charge < -0.3 is 9.88 Å². The van der Waals surface area contributed by atoms with Crippen LogP contribution in [0.15, 0.2) is 42.7 Å². The number of hydrogen-bond acceptors (Lipinski definition) is 3. The molecule has 0 spiro atoms. The number of pyridine rings is 1. The van der Waals surface area contributed by atoms with Gasteiger partial charge in [0.1, 0.15) is 5.82 Å². The van der Waals surface area contributed by atoms with Crippen molar-refractivity contribution >= 4 is 16.6 Å². The average molecular weight is 308 g/mol. The van der Waals surface area contributed by atoms with Crippen molar-refractivity contribution in [3.8, 4) is 0 Å². The van der Waals surface area contributed by atoms with Crippen LogP contribution >= 0.6 is 0 Å². The summed E-state index contributed by atoms with van der Waals surface area (Å²) >= 11 is 0.